The quantitative estimate of drug-likeness (QED) is 0.720. The molecule has 0 bridgehead atoms. The zero-order valence-corrected chi connectivity index (χ0v) is 12.3. The van der Waals surface area contributed by atoms with Gasteiger partial charge in [-0.1, -0.05) is 5.16 Å². The number of rotatable bonds is 5. The van der Waals surface area contributed by atoms with Crippen LogP contribution in [0.15, 0.2) is 47.2 Å². The van der Waals surface area contributed by atoms with Crippen molar-refractivity contribution in [3.63, 3.8) is 0 Å². The van der Waals surface area contributed by atoms with Gasteiger partial charge in [-0.15, -0.1) is 0 Å². The summed E-state index contributed by atoms with van der Waals surface area (Å²) in [6.45, 7) is 2.47. The van der Waals surface area contributed by atoms with E-state index in [1.807, 2.05) is 37.3 Å². The molecule has 0 spiro atoms. The number of benzene rings is 1. The van der Waals surface area contributed by atoms with Crippen LogP contribution in [0.2, 0.25) is 0 Å². The molecule has 6 nitrogen and oxygen atoms in total. The predicted molar refractivity (Wildman–Crippen MR) is 80.7 cm³/mol. The molecule has 0 N–H and O–H groups in total. The highest BCUT2D eigenvalue weighted by Gasteiger charge is 2.13. The number of hydrogen-bond donors (Lipinski definition) is 0. The molecular weight excluding hydrogens is 282 g/mol. The second-order valence-electron chi connectivity index (χ2n) is 4.46. The van der Waals surface area contributed by atoms with Gasteiger partial charge in [0.15, 0.2) is 11.5 Å². The van der Waals surface area contributed by atoms with Crippen LogP contribution >= 0.6 is 0 Å². The van der Waals surface area contributed by atoms with E-state index in [4.69, 9.17) is 14.0 Å². The Balaban J connectivity index is 1.95. The monoisotopic (exact) mass is 297 g/mol. The smallest absolute Gasteiger partial charge is 0.258 e. The van der Waals surface area contributed by atoms with E-state index in [0.717, 1.165) is 11.1 Å². The van der Waals surface area contributed by atoms with Gasteiger partial charge >= 0.3 is 0 Å². The number of nitrogens with zero attached hydrogens (tertiary/aromatic N) is 3. The Labute approximate surface area is 127 Å². The van der Waals surface area contributed by atoms with Crippen LogP contribution in [-0.2, 0) is 0 Å². The minimum Gasteiger partial charge on any atom is -0.493 e. The molecule has 0 saturated carbocycles. The summed E-state index contributed by atoms with van der Waals surface area (Å²) in [5.41, 5.74) is 1.63. The molecular formula is C16H15N3O3. The first-order valence-electron chi connectivity index (χ1n) is 6.87. The fourth-order valence-electron chi connectivity index (χ4n) is 2.04. The van der Waals surface area contributed by atoms with Crippen molar-refractivity contribution in [1.29, 1.82) is 0 Å². The molecule has 1 aromatic carbocycles. The third-order valence-corrected chi connectivity index (χ3v) is 3.07. The molecule has 2 aromatic heterocycles. The number of hydrogen-bond acceptors (Lipinski definition) is 6. The SMILES string of the molecule is CCOc1cc(-c2noc(-c3ccncc3)n2)ccc1OC. The van der Waals surface area contributed by atoms with E-state index in [-0.39, 0.29) is 0 Å². The average Bonchev–Trinajstić information content (AvgIpc) is 3.06. The van der Waals surface area contributed by atoms with Gasteiger partial charge in [0.05, 0.1) is 13.7 Å². The highest BCUT2D eigenvalue weighted by molar-refractivity contribution is 5.63. The normalized spacial score (nSPS) is 10.5. The molecule has 22 heavy (non-hydrogen) atoms. The Hall–Kier alpha value is -2.89. The van der Waals surface area contributed by atoms with Gasteiger partial charge in [0.1, 0.15) is 0 Å². The number of methoxy groups -OCH3 is 1. The van der Waals surface area contributed by atoms with Crippen molar-refractivity contribution in [2.75, 3.05) is 13.7 Å². The topological polar surface area (TPSA) is 70.3 Å². The third kappa shape index (κ3) is 2.76. The lowest BCUT2D eigenvalue weighted by Gasteiger charge is -2.09. The number of aromatic nitrogens is 3. The fourth-order valence-corrected chi connectivity index (χ4v) is 2.04. The second-order valence-corrected chi connectivity index (χ2v) is 4.46. The molecule has 3 aromatic rings. The lowest BCUT2D eigenvalue weighted by Crippen LogP contribution is -1.95. The first kappa shape index (κ1) is 14.1. The molecule has 112 valence electrons. The highest BCUT2D eigenvalue weighted by atomic mass is 16.5. The summed E-state index contributed by atoms with van der Waals surface area (Å²) in [5.74, 6) is 2.27. The van der Waals surface area contributed by atoms with Gasteiger partial charge in [0.2, 0.25) is 5.82 Å². The van der Waals surface area contributed by atoms with Crippen molar-refractivity contribution in [3.05, 3.63) is 42.7 Å². The minimum atomic E-state index is 0.450. The Morgan fingerprint density at radius 3 is 2.59 bits per heavy atom. The molecule has 0 radical (unpaired) electrons. The largest absolute Gasteiger partial charge is 0.493 e. The van der Waals surface area contributed by atoms with E-state index in [1.54, 1.807) is 19.5 Å². The van der Waals surface area contributed by atoms with Gasteiger partial charge < -0.3 is 14.0 Å². The van der Waals surface area contributed by atoms with Crippen LogP contribution in [0.5, 0.6) is 11.5 Å². The maximum atomic E-state index is 5.56. The first-order valence-corrected chi connectivity index (χ1v) is 6.87. The summed E-state index contributed by atoms with van der Waals surface area (Å²) in [6, 6.07) is 9.16. The van der Waals surface area contributed by atoms with Crippen molar-refractivity contribution in [2.24, 2.45) is 0 Å². The van der Waals surface area contributed by atoms with Crippen molar-refractivity contribution in [1.82, 2.24) is 15.1 Å². The van der Waals surface area contributed by atoms with Crippen molar-refractivity contribution < 1.29 is 14.0 Å². The molecule has 0 aliphatic rings. The van der Waals surface area contributed by atoms with E-state index in [2.05, 4.69) is 15.1 Å². The summed E-state index contributed by atoms with van der Waals surface area (Å²) in [6.07, 6.45) is 3.36. The molecule has 0 saturated heterocycles. The van der Waals surface area contributed by atoms with Gasteiger partial charge in [-0.05, 0) is 37.3 Å². The van der Waals surface area contributed by atoms with Gasteiger partial charge in [0.25, 0.3) is 5.89 Å². The number of ether oxygens (including phenoxy) is 2. The molecule has 0 fully saturated rings. The van der Waals surface area contributed by atoms with Crippen molar-refractivity contribution in [2.45, 2.75) is 6.92 Å². The van der Waals surface area contributed by atoms with Crippen LogP contribution in [0.4, 0.5) is 0 Å². The van der Waals surface area contributed by atoms with Gasteiger partial charge in [-0.3, -0.25) is 4.98 Å². The van der Waals surface area contributed by atoms with E-state index in [0.29, 0.717) is 29.8 Å². The molecule has 6 heteroatoms. The Morgan fingerprint density at radius 1 is 1.05 bits per heavy atom. The second kappa shape index (κ2) is 6.26. The van der Waals surface area contributed by atoms with Crippen LogP contribution in [0.1, 0.15) is 6.92 Å². The molecule has 2 heterocycles. The van der Waals surface area contributed by atoms with Crippen LogP contribution in [0, 0.1) is 0 Å². The number of pyridine rings is 1. The molecule has 0 aliphatic heterocycles. The zero-order valence-electron chi connectivity index (χ0n) is 12.3. The first-order chi connectivity index (χ1) is 10.8. The van der Waals surface area contributed by atoms with Crippen LogP contribution in [-0.4, -0.2) is 28.8 Å². The van der Waals surface area contributed by atoms with E-state index < -0.39 is 0 Å². The van der Waals surface area contributed by atoms with Crippen LogP contribution in [0.3, 0.4) is 0 Å². The van der Waals surface area contributed by atoms with E-state index in [9.17, 15) is 0 Å². The van der Waals surface area contributed by atoms with Gasteiger partial charge in [0, 0.05) is 23.5 Å². The van der Waals surface area contributed by atoms with E-state index >= 15 is 0 Å². The van der Waals surface area contributed by atoms with Gasteiger partial charge in [-0.25, -0.2) is 0 Å². The highest BCUT2D eigenvalue weighted by Crippen LogP contribution is 2.32. The third-order valence-electron chi connectivity index (χ3n) is 3.07. The minimum absolute atomic E-state index is 0.450. The van der Waals surface area contributed by atoms with Gasteiger partial charge in [-0.2, -0.15) is 4.98 Å². The fraction of sp³-hybridized carbons (Fsp3) is 0.188. The Bertz CT molecular complexity index is 756. The molecule has 0 aliphatic carbocycles. The van der Waals surface area contributed by atoms with Crippen LogP contribution in [0.25, 0.3) is 22.8 Å². The Morgan fingerprint density at radius 2 is 1.86 bits per heavy atom. The lowest BCUT2D eigenvalue weighted by atomic mass is 10.2. The van der Waals surface area contributed by atoms with E-state index in [1.165, 1.54) is 0 Å². The molecule has 0 amide bonds. The summed E-state index contributed by atoms with van der Waals surface area (Å²) in [5, 5.41) is 4.02. The summed E-state index contributed by atoms with van der Waals surface area (Å²) in [4.78, 5) is 8.37. The van der Waals surface area contributed by atoms with Crippen LogP contribution < -0.4 is 9.47 Å². The average molecular weight is 297 g/mol. The predicted octanol–water partition coefficient (Wildman–Crippen LogP) is 3.21. The maximum absolute atomic E-state index is 5.56. The van der Waals surface area contributed by atoms with Crippen molar-refractivity contribution in [3.8, 4) is 34.3 Å². The van der Waals surface area contributed by atoms with Crippen molar-refractivity contribution >= 4 is 0 Å². The summed E-state index contributed by atoms with van der Waals surface area (Å²) in [7, 11) is 1.60. The summed E-state index contributed by atoms with van der Waals surface area (Å²) >= 11 is 0. The molecule has 0 unspecified atom stereocenters. The molecule has 0 atom stereocenters. The lowest BCUT2D eigenvalue weighted by molar-refractivity contribution is 0.311. The summed E-state index contributed by atoms with van der Waals surface area (Å²) < 4.78 is 16.1. The zero-order chi connectivity index (χ0) is 15.4. The Kier molecular flexibility index (Phi) is 4.00. The standard InChI is InChI=1S/C16H15N3O3/c1-3-21-14-10-12(4-5-13(14)20-2)15-18-16(22-19-15)11-6-8-17-9-7-11/h4-10H,3H2,1-2H3. The molecule has 3 rings (SSSR count). The maximum Gasteiger partial charge on any atom is 0.258 e.